The summed E-state index contributed by atoms with van der Waals surface area (Å²) in [5, 5.41) is 4.41. The normalized spacial score (nSPS) is 12.9. The van der Waals surface area contributed by atoms with Crippen LogP contribution in [0.3, 0.4) is 0 Å². The van der Waals surface area contributed by atoms with Gasteiger partial charge in [-0.15, -0.1) is 0 Å². The Kier molecular flexibility index (Phi) is 4.66. The Morgan fingerprint density at radius 2 is 1.75 bits per heavy atom. The molecule has 0 aliphatic rings. The van der Waals surface area contributed by atoms with E-state index in [1.165, 1.54) is 11.1 Å². The zero-order chi connectivity index (χ0) is 14.9. The van der Waals surface area contributed by atoms with Crippen molar-refractivity contribution in [3.63, 3.8) is 0 Å². The lowest BCUT2D eigenvalue weighted by atomic mass is 9.97. The van der Waals surface area contributed by atoms with Crippen molar-refractivity contribution in [2.24, 2.45) is 12.8 Å². The first-order valence-corrected chi connectivity index (χ1v) is 7.72. The summed E-state index contributed by atoms with van der Waals surface area (Å²) in [5.41, 5.74) is 11.0. The molecular formula is C16H22BrN3. The first-order valence-electron chi connectivity index (χ1n) is 6.93. The van der Waals surface area contributed by atoms with E-state index in [4.69, 9.17) is 5.73 Å². The summed E-state index contributed by atoms with van der Waals surface area (Å²) in [6.45, 7) is 6.39. The number of hydrogen-bond acceptors (Lipinski definition) is 2. The summed E-state index contributed by atoms with van der Waals surface area (Å²) in [6.07, 6.45) is 0.777. The molecule has 2 N–H and O–H groups in total. The monoisotopic (exact) mass is 335 g/mol. The number of hydrogen-bond donors (Lipinski definition) is 1. The number of aryl methyl sites for hydroxylation is 2. The third-order valence-electron chi connectivity index (χ3n) is 3.71. The van der Waals surface area contributed by atoms with Gasteiger partial charge in [0.2, 0.25) is 0 Å². The maximum Gasteiger partial charge on any atom is 0.0738 e. The Labute approximate surface area is 129 Å². The Morgan fingerprint density at radius 1 is 1.20 bits per heavy atom. The highest BCUT2D eigenvalue weighted by Gasteiger charge is 2.15. The number of nitrogens with zero attached hydrogens (tertiary/aromatic N) is 2. The molecule has 2 rings (SSSR count). The van der Waals surface area contributed by atoms with Gasteiger partial charge in [-0.05, 0) is 39.9 Å². The average Bonchev–Trinajstić information content (AvgIpc) is 2.65. The molecule has 1 aromatic carbocycles. The predicted molar refractivity (Wildman–Crippen MR) is 86.8 cm³/mol. The van der Waals surface area contributed by atoms with Crippen LogP contribution >= 0.6 is 15.9 Å². The molecule has 0 saturated carbocycles. The van der Waals surface area contributed by atoms with Gasteiger partial charge in [0, 0.05) is 19.5 Å². The number of aromatic nitrogens is 2. The van der Waals surface area contributed by atoms with E-state index in [-0.39, 0.29) is 6.04 Å². The molecule has 0 saturated heterocycles. The van der Waals surface area contributed by atoms with Crippen LogP contribution < -0.4 is 5.73 Å². The van der Waals surface area contributed by atoms with Gasteiger partial charge in [0.15, 0.2) is 0 Å². The Morgan fingerprint density at radius 3 is 2.20 bits per heavy atom. The highest BCUT2D eigenvalue weighted by molar-refractivity contribution is 9.10. The van der Waals surface area contributed by atoms with E-state index in [1.807, 2.05) is 18.7 Å². The molecule has 1 atom stereocenters. The Balaban J connectivity index is 2.17. The third-order valence-corrected chi connectivity index (χ3v) is 4.74. The molecule has 108 valence electrons. The second kappa shape index (κ2) is 6.10. The molecule has 0 aliphatic heterocycles. The summed E-state index contributed by atoms with van der Waals surface area (Å²) >= 11 is 3.59. The van der Waals surface area contributed by atoms with E-state index in [2.05, 4.69) is 59.1 Å². The van der Waals surface area contributed by atoms with Crippen LogP contribution in [0.25, 0.3) is 0 Å². The zero-order valence-electron chi connectivity index (χ0n) is 12.5. The highest BCUT2D eigenvalue weighted by Crippen LogP contribution is 2.25. The van der Waals surface area contributed by atoms with E-state index in [0.717, 1.165) is 22.3 Å². The second-order valence-corrected chi connectivity index (χ2v) is 6.39. The van der Waals surface area contributed by atoms with E-state index < -0.39 is 0 Å². The van der Waals surface area contributed by atoms with Crippen LogP contribution in [-0.2, 0) is 13.5 Å². The van der Waals surface area contributed by atoms with Crippen molar-refractivity contribution in [3.8, 4) is 0 Å². The molecule has 0 fully saturated rings. The first kappa shape index (κ1) is 15.3. The molecule has 0 amide bonds. The van der Waals surface area contributed by atoms with E-state index in [0.29, 0.717) is 5.92 Å². The summed E-state index contributed by atoms with van der Waals surface area (Å²) < 4.78 is 2.97. The second-order valence-electron chi connectivity index (χ2n) is 5.60. The summed E-state index contributed by atoms with van der Waals surface area (Å²) in [4.78, 5) is 0. The molecule has 20 heavy (non-hydrogen) atoms. The smallest absolute Gasteiger partial charge is 0.0738 e. The quantitative estimate of drug-likeness (QED) is 0.921. The SMILES string of the molecule is Cc1nn(C)c(CC(N)c2ccc(C(C)C)cc2)c1Br. The maximum absolute atomic E-state index is 6.34. The van der Waals surface area contributed by atoms with Gasteiger partial charge in [-0.2, -0.15) is 5.10 Å². The van der Waals surface area contributed by atoms with Crippen molar-refractivity contribution in [2.75, 3.05) is 0 Å². The minimum absolute atomic E-state index is 0.0117. The maximum atomic E-state index is 6.34. The fourth-order valence-electron chi connectivity index (χ4n) is 2.36. The summed E-state index contributed by atoms with van der Waals surface area (Å²) in [5.74, 6) is 0.550. The molecule has 3 nitrogen and oxygen atoms in total. The Hall–Kier alpha value is -1.13. The number of halogens is 1. The molecule has 0 radical (unpaired) electrons. The minimum atomic E-state index is -0.0117. The fraction of sp³-hybridized carbons (Fsp3) is 0.438. The van der Waals surface area contributed by atoms with Crippen LogP contribution in [0, 0.1) is 6.92 Å². The molecule has 4 heteroatoms. The van der Waals surface area contributed by atoms with Crippen molar-refractivity contribution in [2.45, 2.75) is 39.2 Å². The van der Waals surface area contributed by atoms with Gasteiger partial charge in [0.1, 0.15) is 0 Å². The van der Waals surface area contributed by atoms with Crippen molar-refractivity contribution in [1.82, 2.24) is 9.78 Å². The molecular weight excluding hydrogens is 314 g/mol. The standard InChI is InChI=1S/C16H22BrN3/c1-10(2)12-5-7-13(8-6-12)14(18)9-15-16(17)11(3)19-20(15)4/h5-8,10,14H,9,18H2,1-4H3. The topological polar surface area (TPSA) is 43.8 Å². The van der Waals surface area contributed by atoms with Crippen LogP contribution in [0.15, 0.2) is 28.7 Å². The van der Waals surface area contributed by atoms with Gasteiger partial charge < -0.3 is 5.73 Å². The van der Waals surface area contributed by atoms with Gasteiger partial charge in [-0.3, -0.25) is 4.68 Å². The molecule has 2 aromatic rings. The van der Waals surface area contributed by atoms with E-state index >= 15 is 0 Å². The van der Waals surface area contributed by atoms with Gasteiger partial charge in [-0.25, -0.2) is 0 Å². The molecule has 1 unspecified atom stereocenters. The van der Waals surface area contributed by atoms with Crippen LogP contribution in [0.1, 0.15) is 48.3 Å². The van der Waals surface area contributed by atoms with Crippen LogP contribution in [0.5, 0.6) is 0 Å². The van der Waals surface area contributed by atoms with Crippen molar-refractivity contribution >= 4 is 15.9 Å². The molecule has 0 bridgehead atoms. The predicted octanol–water partition coefficient (Wildman–Crippen LogP) is 3.86. The molecule has 1 aromatic heterocycles. The zero-order valence-corrected chi connectivity index (χ0v) is 14.1. The lowest BCUT2D eigenvalue weighted by molar-refractivity contribution is 0.638. The van der Waals surface area contributed by atoms with Crippen LogP contribution in [0.2, 0.25) is 0 Å². The van der Waals surface area contributed by atoms with Gasteiger partial charge in [0.05, 0.1) is 15.9 Å². The third kappa shape index (κ3) is 3.13. The first-order chi connectivity index (χ1) is 9.40. The minimum Gasteiger partial charge on any atom is -0.324 e. The number of rotatable bonds is 4. The van der Waals surface area contributed by atoms with Gasteiger partial charge >= 0.3 is 0 Å². The van der Waals surface area contributed by atoms with Gasteiger partial charge in [0.25, 0.3) is 0 Å². The Bertz CT molecular complexity index is 585. The average molecular weight is 336 g/mol. The molecule has 0 spiro atoms. The lowest BCUT2D eigenvalue weighted by Gasteiger charge is -2.14. The van der Waals surface area contributed by atoms with Gasteiger partial charge in [-0.1, -0.05) is 38.1 Å². The van der Waals surface area contributed by atoms with Crippen molar-refractivity contribution in [3.05, 3.63) is 51.3 Å². The summed E-state index contributed by atoms with van der Waals surface area (Å²) in [6, 6.07) is 8.60. The largest absolute Gasteiger partial charge is 0.324 e. The molecule has 0 aliphatic carbocycles. The molecule has 1 heterocycles. The number of nitrogens with two attached hydrogens (primary N) is 1. The van der Waals surface area contributed by atoms with E-state index in [1.54, 1.807) is 0 Å². The fourth-order valence-corrected chi connectivity index (χ4v) is 2.85. The number of benzene rings is 1. The van der Waals surface area contributed by atoms with Crippen LogP contribution in [-0.4, -0.2) is 9.78 Å². The lowest BCUT2D eigenvalue weighted by Crippen LogP contribution is -2.15. The highest BCUT2D eigenvalue weighted by atomic mass is 79.9. The van der Waals surface area contributed by atoms with Crippen LogP contribution in [0.4, 0.5) is 0 Å². The van der Waals surface area contributed by atoms with Crippen molar-refractivity contribution in [1.29, 1.82) is 0 Å². The van der Waals surface area contributed by atoms with Crippen molar-refractivity contribution < 1.29 is 0 Å². The van der Waals surface area contributed by atoms with E-state index in [9.17, 15) is 0 Å². The summed E-state index contributed by atoms with van der Waals surface area (Å²) in [7, 11) is 1.96.